The van der Waals surface area contributed by atoms with Gasteiger partial charge in [-0.3, -0.25) is 0 Å². The van der Waals surface area contributed by atoms with Gasteiger partial charge in [-0.15, -0.1) is 0 Å². The number of nitrogens with zero attached hydrogens (tertiary/aromatic N) is 1. The highest BCUT2D eigenvalue weighted by Gasteiger charge is 2.17. The highest BCUT2D eigenvalue weighted by atomic mass is 15.1. The summed E-state index contributed by atoms with van der Waals surface area (Å²) >= 11 is 0. The normalized spacial score (nSPS) is 16.9. The predicted octanol–water partition coefficient (Wildman–Crippen LogP) is 2.46. The van der Waals surface area contributed by atoms with Crippen LogP contribution in [-0.4, -0.2) is 23.5 Å². The Labute approximate surface area is 89.9 Å². The Bertz CT molecular complexity index is 510. The molecule has 2 nitrogen and oxygen atoms in total. The van der Waals surface area contributed by atoms with Crippen LogP contribution < -0.4 is 0 Å². The molecule has 0 fully saturated rings. The SMILES string of the molecule is Cc1ccc2c3c([nH]c2c1)CCN(C)C3. The van der Waals surface area contributed by atoms with E-state index in [1.165, 1.54) is 34.3 Å². The summed E-state index contributed by atoms with van der Waals surface area (Å²) in [5, 5.41) is 1.40. The van der Waals surface area contributed by atoms with Crippen molar-refractivity contribution in [2.45, 2.75) is 19.9 Å². The molecule has 0 spiro atoms. The van der Waals surface area contributed by atoms with E-state index in [1.54, 1.807) is 0 Å². The van der Waals surface area contributed by atoms with Crippen LogP contribution in [0, 0.1) is 6.92 Å². The molecular formula is C13H16N2. The van der Waals surface area contributed by atoms with Crippen LogP contribution in [0.1, 0.15) is 16.8 Å². The highest BCUT2D eigenvalue weighted by Crippen LogP contribution is 2.27. The van der Waals surface area contributed by atoms with Gasteiger partial charge in [-0.05, 0) is 31.2 Å². The molecule has 3 rings (SSSR count). The first kappa shape index (κ1) is 8.98. The molecule has 1 aliphatic rings. The molecule has 1 aliphatic heterocycles. The molecule has 78 valence electrons. The van der Waals surface area contributed by atoms with Gasteiger partial charge in [0.15, 0.2) is 0 Å². The van der Waals surface area contributed by atoms with Crippen LogP contribution in [0.4, 0.5) is 0 Å². The minimum atomic E-state index is 1.08. The standard InChI is InChI=1S/C13H16N2/c1-9-3-4-10-11-8-15(2)6-5-12(11)14-13(10)7-9/h3-4,7,14H,5-6,8H2,1-2H3. The van der Waals surface area contributed by atoms with E-state index >= 15 is 0 Å². The molecule has 0 amide bonds. The number of aryl methyl sites for hydroxylation is 1. The van der Waals surface area contributed by atoms with Crippen molar-refractivity contribution in [1.29, 1.82) is 0 Å². The first-order valence-electron chi connectivity index (χ1n) is 5.52. The summed E-state index contributed by atoms with van der Waals surface area (Å²) in [6, 6.07) is 6.69. The Balaban J connectivity index is 2.24. The molecular weight excluding hydrogens is 184 g/mol. The number of aromatic nitrogens is 1. The van der Waals surface area contributed by atoms with Crippen LogP contribution in [0.25, 0.3) is 10.9 Å². The van der Waals surface area contributed by atoms with Crippen molar-refractivity contribution in [3.63, 3.8) is 0 Å². The average molecular weight is 200 g/mol. The molecule has 0 radical (unpaired) electrons. The topological polar surface area (TPSA) is 19.0 Å². The van der Waals surface area contributed by atoms with Crippen molar-refractivity contribution in [2.24, 2.45) is 0 Å². The summed E-state index contributed by atoms with van der Waals surface area (Å²) in [4.78, 5) is 5.94. The van der Waals surface area contributed by atoms with Crippen LogP contribution in [0.5, 0.6) is 0 Å². The molecule has 0 bridgehead atoms. The van der Waals surface area contributed by atoms with Crippen LogP contribution in [0.3, 0.4) is 0 Å². The molecule has 1 N–H and O–H groups in total. The van der Waals surface area contributed by atoms with Gasteiger partial charge in [-0.1, -0.05) is 12.1 Å². The second-order valence-electron chi connectivity index (χ2n) is 4.62. The highest BCUT2D eigenvalue weighted by molar-refractivity contribution is 5.85. The smallest absolute Gasteiger partial charge is 0.0462 e. The van der Waals surface area contributed by atoms with E-state index in [1.807, 2.05) is 0 Å². The van der Waals surface area contributed by atoms with E-state index in [0.29, 0.717) is 0 Å². The van der Waals surface area contributed by atoms with E-state index in [0.717, 1.165) is 13.0 Å². The van der Waals surface area contributed by atoms with Crippen LogP contribution in [0.15, 0.2) is 18.2 Å². The monoisotopic (exact) mass is 200 g/mol. The Morgan fingerprint density at radius 1 is 1.33 bits per heavy atom. The van der Waals surface area contributed by atoms with E-state index in [2.05, 4.69) is 42.1 Å². The van der Waals surface area contributed by atoms with Crippen LogP contribution in [-0.2, 0) is 13.0 Å². The molecule has 0 atom stereocenters. The van der Waals surface area contributed by atoms with Crippen molar-refractivity contribution in [2.75, 3.05) is 13.6 Å². The molecule has 1 aromatic heterocycles. The maximum atomic E-state index is 3.55. The molecule has 1 aromatic carbocycles. The van der Waals surface area contributed by atoms with Gasteiger partial charge in [0.05, 0.1) is 0 Å². The Morgan fingerprint density at radius 3 is 3.07 bits per heavy atom. The Morgan fingerprint density at radius 2 is 2.20 bits per heavy atom. The summed E-state index contributed by atoms with van der Waals surface area (Å²) in [5.41, 5.74) is 5.57. The zero-order valence-electron chi connectivity index (χ0n) is 9.30. The molecule has 2 heterocycles. The van der Waals surface area contributed by atoms with Crippen molar-refractivity contribution in [3.05, 3.63) is 35.0 Å². The summed E-state index contributed by atoms with van der Waals surface area (Å²) in [5.74, 6) is 0. The average Bonchev–Trinajstić information content (AvgIpc) is 2.54. The summed E-state index contributed by atoms with van der Waals surface area (Å²) in [6.07, 6.45) is 1.15. The third-order valence-corrected chi connectivity index (χ3v) is 3.32. The van der Waals surface area contributed by atoms with Gasteiger partial charge in [0, 0.05) is 36.1 Å². The van der Waals surface area contributed by atoms with Crippen LogP contribution in [0.2, 0.25) is 0 Å². The summed E-state index contributed by atoms with van der Waals surface area (Å²) in [7, 11) is 2.19. The maximum absolute atomic E-state index is 3.55. The Kier molecular flexibility index (Phi) is 1.86. The summed E-state index contributed by atoms with van der Waals surface area (Å²) in [6.45, 7) is 4.39. The third-order valence-electron chi connectivity index (χ3n) is 3.32. The van der Waals surface area contributed by atoms with E-state index < -0.39 is 0 Å². The fourth-order valence-electron chi connectivity index (χ4n) is 2.47. The van der Waals surface area contributed by atoms with Gasteiger partial charge in [0.2, 0.25) is 0 Å². The number of benzene rings is 1. The second-order valence-corrected chi connectivity index (χ2v) is 4.62. The zero-order valence-corrected chi connectivity index (χ0v) is 9.30. The van der Waals surface area contributed by atoms with Gasteiger partial charge in [-0.25, -0.2) is 0 Å². The number of aromatic amines is 1. The Hall–Kier alpha value is -1.28. The van der Waals surface area contributed by atoms with Crippen molar-refractivity contribution in [1.82, 2.24) is 9.88 Å². The lowest BCUT2D eigenvalue weighted by molar-refractivity contribution is 0.313. The lowest BCUT2D eigenvalue weighted by atomic mass is 10.0. The molecule has 2 heteroatoms. The first-order chi connectivity index (χ1) is 7.24. The number of fused-ring (bicyclic) bond motifs is 3. The van der Waals surface area contributed by atoms with E-state index in [4.69, 9.17) is 0 Å². The molecule has 0 saturated heterocycles. The lowest BCUT2D eigenvalue weighted by Gasteiger charge is -2.22. The molecule has 15 heavy (non-hydrogen) atoms. The lowest BCUT2D eigenvalue weighted by Crippen LogP contribution is -2.25. The molecule has 2 aromatic rings. The fourth-order valence-corrected chi connectivity index (χ4v) is 2.47. The van der Waals surface area contributed by atoms with Gasteiger partial charge >= 0.3 is 0 Å². The first-order valence-corrected chi connectivity index (χ1v) is 5.52. The zero-order chi connectivity index (χ0) is 10.4. The molecule has 0 unspecified atom stereocenters. The molecule has 0 aliphatic carbocycles. The van der Waals surface area contributed by atoms with Gasteiger partial charge in [-0.2, -0.15) is 0 Å². The van der Waals surface area contributed by atoms with E-state index in [-0.39, 0.29) is 0 Å². The van der Waals surface area contributed by atoms with Gasteiger partial charge in [0.1, 0.15) is 0 Å². The van der Waals surface area contributed by atoms with Crippen molar-refractivity contribution >= 4 is 10.9 Å². The number of nitrogens with one attached hydrogen (secondary N) is 1. The quantitative estimate of drug-likeness (QED) is 0.692. The van der Waals surface area contributed by atoms with Crippen LogP contribution >= 0.6 is 0 Å². The predicted molar refractivity (Wildman–Crippen MR) is 63.1 cm³/mol. The van der Waals surface area contributed by atoms with Gasteiger partial charge in [0.25, 0.3) is 0 Å². The van der Waals surface area contributed by atoms with Crippen molar-refractivity contribution < 1.29 is 0 Å². The fraction of sp³-hybridized carbons (Fsp3) is 0.385. The summed E-state index contributed by atoms with van der Waals surface area (Å²) < 4.78 is 0. The maximum Gasteiger partial charge on any atom is 0.0462 e. The number of rotatable bonds is 0. The second kappa shape index (κ2) is 3.11. The minimum absolute atomic E-state index is 1.08. The minimum Gasteiger partial charge on any atom is -0.358 e. The third kappa shape index (κ3) is 1.37. The number of likely N-dealkylation sites (N-methyl/N-ethyl adjacent to an activating group) is 1. The molecule has 0 saturated carbocycles. The van der Waals surface area contributed by atoms with Gasteiger partial charge < -0.3 is 9.88 Å². The van der Waals surface area contributed by atoms with E-state index in [9.17, 15) is 0 Å². The number of hydrogen-bond donors (Lipinski definition) is 1. The number of hydrogen-bond acceptors (Lipinski definition) is 1. The largest absolute Gasteiger partial charge is 0.358 e. The number of H-pyrrole nitrogens is 1. The van der Waals surface area contributed by atoms with Crippen molar-refractivity contribution in [3.8, 4) is 0 Å².